The van der Waals surface area contributed by atoms with Crippen LogP contribution in [0.4, 0.5) is 0 Å². The summed E-state index contributed by atoms with van der Waals surface area (Å²) in [7, 11) is 0. The van der Waals surface area contributed by atoms with Gasteiger partial charge in [0.2, 0.25) is 23.0 Å². The van der Waals surface area contributed by atoms with Gasteiger partial charge in [-0.05, 0) is 68.1 Å². The third kappa shape index (κ3) is 4.35. The Morgan fingerprint density at radius 3 is 1.45 bits per heavy atom. The topological polar surface area (TPSA) is 175 Å². The van der Waals surface area contributed by atoms with Crippen LogP contribution in [0, 0.1) is 0 Å². The second-order valence-electron chi connectivity index (χ2n) is 13.6. The molecule has 1 heterocycles. The molecule has 0 bridgehead atoms. The van der Waals surface area contributed by atoms with Gasteiger partial charge in [0, 0.05) is 43.4 Å². The SMILES string of the molecule is Oc1c(O)c(O)c2c(-c3cccc4ccccc34)c3c(O)c(O)c(O)c(O)c3c(-c3cccc(-c4cccc5oc6cc7ccccc7cc6c45)c3)c2c1O. The van der Waals surface area contributed by atoms with E-state index < -0.39 is 46.0 Å². The summed E-state index contributed by atoms with van der Waals surface area (Å²) in [6, 6.07) is 37.3. The molecule has 8 N–H and O–H groups in total. The van der Waals surface area contributed by atoms with Crippen molar-refractivity contribution in [1.82, 2.24) is 0 Å². The molecular formula is C46H28O9. The maximum Gasteiger partial charge on any atom is 0.204 e. The van der Waals surface area contributed by atoms with Gasteiger partial charge in [-0.15, -0.1) is 0 Å². The van der Waals surface area contributed by atoms with Crippen LogP contribution in [-0.4, -0.2) is 40.9 Å². The van der Waals surface area contributed by atoms with Crippen molar-refractivity contribution in [2.75, 3.05) is 0 Å². The Morgan fingerprint density at radius 2 is 0.800 bits per heavy atom. The second-order valence-corrected chi connectivity index (χ2v) is 13.6. The number of furan rings is 1. The van der Waals surface area contributed by atoms with Gasteiger partial charge in [-0.3, -0.25) is 0 Å². The molecule has 9 nitrogen and oxygen atoms in total. The molecule has 0 aliphatic carbocycles. The molecule has 10 rings (SSSR count). The molecule has 0 aliphatic rings. The number of benzene rings is 9. The van der Waals surface area contributed by atoms with E-state index in [1.165, 1.54) is 0 Å². The smallest absolute Gasteiger partial charge is 0.204 e. The molecule has 9 heteroatoms. The quantitative estimate of drug-likeness (QED) is 0.0501. The minimum atomic E-state index is -1.03. The molecule has 0 fully saturated rings. The van der Waals surface area contributed by atoms with Crippen LogP contribution in [-0.2, 0) is 0 Å². The number of hydrogen-bond donors (Lipinski definition) is 8. The van der Waals surface area contributed by atoms with Crippen molar-refractivity contribution in [3.8, 4) is 79.4 Å². The third-order valence-electron chi connectivity index (χ3n) is 10.7. The van der Waals surface area contributed by atoms with Gasteiger partial charge >= 0.3 is 0 Å². The molecular weight excluding hydrogens is 696 g/mol. The van der Waals surface area contributed by atoms with Crippen LogP contribution in [0.1, 0.15) is 0 Å². The highest BCUT2D eigenvalue weighted by Gasteiger charge is 2.33. The maximum absolute atomic E-state index is 11.7. The summed E-state index contributed by atoms with van der Waals surface area (Å²) in [4.78, 5) is 0. The van der Waals surface area contributed by atoms with Crippen molar-refractivity contribution in [3.63, 3.8) is 0 Å². The molecule has 9 aromatic carbocycles. The van der Waals surface area contributed by atoms with Gasteiger partial charge < -0.3 is 45.3 Å². The van der Waals surface area contributed by atoms with Crippen LogP contribution in [0.2, 0.25) is 0 Å². The summed E-state index contributed by atoms with van der Waals surface area (Å²) in [5.41, 5.74) is 3.46. The Balaban J connectivity index is 1.37. The van der Waals surface area contributed by atoms with Crippen LogP contribution in [0.5, 0.6) is 46.0 Å². The monoisotopic (exact) mass is 724 g/mol. The first-order chi connectivity index (χ1) is 26.6. The lowest BCUT2D eigenvalue weighted by Crippen LogP contribution is -1.95. The number of hydrogen-bond acceptors (Lipinski definition) is 9. The average Bonchev–Trinajstić information content (AvgIpc) is 3.58. The molecule has 0 saturated carbocycles. The zero-order valence-electron chi connectivity index (χ0n) is 28.5. The number of rotatable bonds is 3. The highest BCUT2D eigenvalue weighted by molar-refractivity contribution is 6.30. The lowest BCUT2D eigenvalue weighted by Gasteiger charge is -2.23. The van der Waals surface area contributed by atoms with Crippen LogP contribution in [0.3, 0.4) is 0 Å². The summed E-state index contributed by atoms with van der Waals surface area (Å²) in [5.74, 6) is -7.45. The maximum atomic E-state index is 11.7. The van der Waals surface area contributed by atoms with Gasteiger partial charge in [0.15, 0.2) is 23.0 Å². The van der Waals surface area contributed by atoms with E-state index in [9.17, 15) is 40.9 Å². The molecule has 0 amide bonds. The highest BCUT2D eigenvalue weighted by atomic mass is 16.4. The van der Waals surface area contributed by atoms with Crippen molar-refractivity contribution >= 4 is 65.0 Å². The summed E-state index contributed by atoms with van der Waals surface area (Å²) < 4.78 is 6.32. The van der Waals surface area contributed by atoms with Gasteiger partial charge in [-0.1, -0.05) is 97.1 Å². The molecule has 0 saturated heterocycles. The molecule has 0 spiro atoms. The Morgan fingerprint density at radius 1 is 0.309 bits per heavy atom. The first kappa shape index (κ1) is 31.9. The number of fused-ring (bicyclic) bond motifs is 7. The van der Waals surface area contributed by atoms with Crippen molar-refractivity contribution in [2.24, 2.45) is 0 Å². The van der Waals surface area contributed by atoms with E-state index in [-0.39, 0.29) is 32.7 Å². The molecule has 55 heavy (non-hydrogen) atoms. The lowest BCUT2D eigenvalue weighted by molar-refractivity contribution is 0.350. The van der Waals surface area contributed by atoms with E-state index in [1.807, 2.05) is 72.8 Å². The summed E-state index contributed by atoms with van der Waals surface area (Å²) in [5, 5.41) is 95.2. The largest absolute Gasteiger partial charge is 0.504 e. The first-order valence-electron chi connectivity index (χ1n) is 17.3. The number of phenols is 8. The Bertz CT molecular complexity index is 3220. The van der Waals surface area contributed by atoms with Gasteiger partial charge in [0.05, 0.1) is 0 Å². The Labute approximate surface area is 310 Å². The predicted molar refractivity (Wildman–Crippen MR) is 213 cm³/mol. The van der Waals surface area contributed by atoms with E-state index in [2.05, 4.69) is 6.07 Å². The third-order valence-corrected chi connectivity index (χ3v) is 10.7. The molecule has 266 valence electrons. The van der Waals surface area contributed by atoms with Gasteiger partial charge in [0.25, 0.3) is 0 Å². The summed E-state index contributed by atoms with van der Waals surface area (Å²) in [6.45, 7) is 0. The molecule has 0 unspecified atom stereocenters. The fourth-order valence-electron chi connectivity index (χ4n) is 8.22. The zero-order chi connectivity index (χ0) is 37.9. The Hall–Kier alpha value is -7.78. The highest BCUT2D eigenvalue weighted by Crippen LogP contribution is 2.62. The van der Waals surface area contributed by atoms with Gasteiger partial charge in [-0.2, -0.15) is 0 Å². The van der Waals surface area contributed by atoms with Crippen molar-refractivity contribution in [3.05, 3.63) is 121 Å². The van der Waals surface area contributed by atoms with Crippen molar-refractivity contribution in [2.45, 2.75) is 0 Å². The fourth-order valence-corrected chi connectivity index (χ4v) is 8.22. The van der Waals surface area contributed by atoms with Crippen LogP contribution in [0.25, 0.3) is 98.4 Å². The zero-order valence-corrected chi connectivity index (χ0v) is 28.5. The minimum Gasteiger partial charge on any atom is -0.504 e. The van der Waals surface area contributed by atoms with E-state index in [4.69, 9.17) is 4.42 Å². The lowest BCUT2D eigenvalue weighted by atomic mass is 9.82. The second kappa shape index (κ2) is 11.4. The van der Waals surface area contributed by atoms with Crippen molar-refractivity contribution < 1.29 is 45.3 Å². The van der Waals surface area contributed by atoms with Crippen molar-refractivity contribution in [1.29, 1.82) is 0 Å². The molecule has 10 aromatic rings. The molecule has 0 aliphatic heterocycles. The Kier molecular flexibility index (Phi) is 6.59. The fraction of sp³-hybridized carbons (Fsp3) is 0. The summed E-state index contributed by atoms with van der Waals surface area (Å²) >= 11 is 0. The first-order valence-corrected chi connectivity index (χ1v) is 17.3. The number of phenolic OH excluding ortho intramolecular Hbond substituents is 8. The summed E-state index contributed by atoms with van der Waals surface area (Å²) in [6.07, 6.45) is 0. The van der Waals surface area contributed by atoms with Crippen LogP contribution >= 0.6 is 0 Å². The predicted octanol–water partition coefficient (Wildman–Crippen LogP) is 10.8. The average molecular weight is 725 g/mol. The standard InChI is InChI=1S/C46H28O9/c47-39-35-32(25-13-5-12-24(18-25)27-15-7-17-30-33(27)29-19-22-9-1-2-10-23(22)20-31(29)55-30)36-38(42(50)46(54)44(52)40(36)48)34(37(35)41(49)45(53)43(39)51)28-16-6-11-21-8-3-4-14-26(21)28/h1-20,47-54H. The molecule has 1 aromatic heterocycles. The van der Waals surface area contributed by atoms with Gasteiger partial charge in [0.1, 0.15) is 11.2 Å². The molecule has 0 atom stereocenters. The minimum absolute atomic E-state index is 0.00485. The van der Waals surface area contributed by atoms with E-state index in [0.29, 0.717) is 33.2 Å². The molecule has 0 radical (unpaired) electrons. The van der Waals surface area contributed by atoms with E-state index in [1.54, 1.807) is 42.5 Å². The van der Waals surface area contributed by atoms with E-state index >= 15 is 0 Å². The van der Waals surface area contributed by atoms with Crippen LogP contribution in [0.15, 0.2) is 126 Å². The normalized spacial score (nSPS) is 11.9. The van der Waals surface area contributed by atoms with E-state index in [0.717, 1.165) is 32.5 Å². The van der Waals surface area contributed by atoms with Gasteiger partial charge in [-0.25, -0.2) is 0 Å². The van der Waals surface area contributed by atoms with Crippen LogP contribution < -0.4 is 0 Å². The number of aromatic hydroxyl groups is 8.